The molecule has 0 bridgehead atoms. The zero-order valence-corrected chi connectivity index (χ0v) is 20.8. The molecule has 1 aromatic heterocycles. The summed E-state index contributed by atoms with van der Waals surface area (Å²) in [5, 5.41) is 14.2. The Labute approximate surface area is 211 Å². The number of aromatic nitrogens is 1. The van der Waals surface area contributed by atoms with E-state index in [-0.39, 0.29) is 12.0 Å². The highest BCUT2D eigenvalue weighted by Gasteiger charge is 2.37. The van der Waals surface area contributed by atoms with Crippen LogP contribution in [-0.4, -0.2) is 45.7 Å². The number of benzene rings is 2. The van der Waals surface area contributed by atoms with Gasteiger partial charge >= 0.3 is 6.09 Å². The van der Waals surface area contributed by atoms with Crippen LogP contribution in [0, 0.1) is 0 Å². The number of amides is 2. The standard InChI is InChI=1S/C29H31N3O4/c1-28(2,3)36-27(34)32-16-14-29(35,15-17-32)19-12-13-24(30-18-19)31-26(33)25-22-10-6-4-8-20(22)21-9-5-7-11-23(21)25/h4-13,18,25,35H,14-17H2,1-3H3,(H,30,31,33). The van der Waals surface area contributed by atoms with Gasteiger partial charge < -0.3 is 20.1 Å². The Kier molecular flexibility index (Phi) is 6.04. The van der Waals surface area contributed by atoms with Crippen molar-refractivity contribution in [2.24, 2.45) is 0 Å². The van der Waals surface area contributed by atoms with Crippen LogP contribution in [0.5, 0.6) is 0 Å². The molecular weight excluding hydrogens is 454 g/mol. The largest absolute Gasteiger partial charge is 0.444 e. The lowest BCUT2D eigenvalue weighted by Gasteiger charge is -2.38. The summed E-state index contributed by atoms with van der Waals surface area (Å²) in [7, 11) is 0. The van der Waals surface area contributed by atoms with Gasteiger partial charge in [0.2, 0.25) is 5.91 Å². The number of rotatable bonds is 3. The van der Waals surface area contributed by atoms with Gasteiger partial charge in [0, 0.05) is 24.8 Å². The first kappa shape index (κ1) is 24.0. The minimum absolute atomic E-state index is 0.142. The molecule has 0 unspecified atom stereocenters. The molecule has 7 heteroatoms. The number of aliphatic hydroxyl groups is 1. The second kappa shape index (κ2) is 9.06. The second-order valence-electron chi connectivity index (χ2n) is 10.5. The Bertz CT molecular complexity index is 1240. The lowest BCUT2D eigenvalue weighted by atomic mass is 9.85. The van der Waals surface area contributed by atoms with E-state index in [0.717, 1.165) is 22.3 Å². The maximum Gasteiger partial charge on any atom is 0.410 e. The lowest BCUT2D eigenvalue weighted by molar-refractivity contribution is -0.116. The maximum absolute atomic E-state index is 13.3. The highest BCUT2D eigenvalue weighted by Crippen LogP contribution is 2.45. The molecule has 1 saturated heterocycles. The topological polar surface area (TPSA) is 91.8 Å². The fourth-order valence-electron chi connectivity index (χ4n) is 5.05. The Morgan fingerprint density at radius 1 is 0.972 bits per heavy atom. The molecule has 2 amide bonds. The van der Waals surface area contributed by atoms with Crippen molar-refractivity contribution >= 4 is 17.8 Å². The van der Waals surface area contributed by atoms with Crippen molar-refractivity contribution in [1.29, 1.82) is 0 Å². The van der Waals surface area contributed by atoms with Crippen LogP contribution >= 0.6 is 0 Å². The van der Waals surface area contributed by atoms with E-state index in [1.54, 1.807) is 23.2 Å². The molecule has 7 nitrogen and oxygen atoms in total. The molecule has 2 aliphatic rings. The van der Waals surface area contributed by atoms with Gasteiger partial charge in [0.05, 0.1) is 11.5 Å². The van der Waals surface area contributed by atoms with E-state index < -0.39 is 17.1 Å². The maximum atomic E-state index is 13.3. The molecule has 1 fully saturated rings. The first-order valence-corrected chi connectivity index (χ1v) is 12.3. The summed E-state index contributed by atoms with van der Waals surface area (Å²) in [5.41, 5.74) is 3.15. The van der Waals surface area contributed by atoms with Gasteiger partial charge in [-0.05, 0) is 61.9 Å². The Balaban J connectivity index is 1.26. The SMILES string of the molecule is CC(C)(C)OC(=O)N1CCC(O)(c2ccc(NC(=O)C3c4ccccc4-c4ccccc43)nc2)CC1. The number of carbonyl (C=O) groups is 2. The molecule has 0 saturated carbocycles. The van der Waals surface area contributed by atoms with Crippen LogP contribution in [0.15, 0.2) is 66.9 Å². The van der Waals surface area contributed by atoms with Gasteiger partial charge in [-0.1, -0.05) is 54.6 Å². The highest BCUT2D eigenvalue weighted by molar-refractivity contribution is 6.02. The van der Waals surface area contributed by atoms with Crippen LogP contribution in [0.1, 0.15) is 56.2 Å². The van der Waals surface area contributed by atoms with Crippen LogP contribution < -0.4 is 5.32 Å². The zero-order chi connectivity index (χ0) is 25.5. The number of nitrogens with one attached hydrogen (secondary N) is 1. The third kappa shape index (κ3) is 4.58. The van der Waals surface area contributed by atoms with Gasteiger partial charge in [0.15, 0.2) is 0 Å². The summed E-state index contributed by atoms with van der Waals surface area (Å²) < 4.78 is 5.44. The van der Waals surface area contributed by atoms with Crippen molar-refractivity contribution in [3.05, 3.63) is 83.6 Å². The average molecular weight is 486 g/mol. The van der Waals surface area contributed by atoms with Crippen molar-refractivity contribution in [2.45, 2.75) is 50.7 Å². The molecule has 2 N–H and O–H groups in total. The van der Waals surface area contributed by atoms with E-state index in [4.69, 9.17) is 4.74 Å². The summed E-state index contributed by atoms with van der Waals surface area (Å²) in [4.78, 5) is 31.7. The molecule has 0 atom stereocenters. The van der Waals surface area contributed by atoms with Crippen molar-refractivity contribution in [2.75, 3.05) is 18.4 Å². The van der Waals surface area contributed by atoms with Gasteiger partial charge in [-0.25, -0.2) is 9.78 Å². The van der Waals surface area contributed by atoms with E-state index in [1.165, 1.54) is 0 Å². The highest BCUT2D eigenvalue weighted by atomic mass is 16.6. The minimum atomic E-state index is -1.09. The molecule has 2 heterocycles. The first-order chi connectivity index (χ1) is 17.1. The quantitative estimate of drug-likeness (QED) is 0.542. The smallest absolute Gasteiger partial charge is 0.410 e. The van der Waals surface area contributed by atoms with Gasteiger partial charge in [-0.2, -0.15) is 0 Å². The molecule has 0 radical (unpaired) electrons. The van der Waals surface area contributed by atoms with Crippen LogP contribution in [-0.2, 0) is 15.1 Å². The van der Waals surface area contributed by atoms with E-state index in [1.807, 2.05) is 69.3 Å². The number of hydrogen-bond donors (Lipinski definition) is 2. The van der Waals surface area contributed by atoms with Crippen LogP contribution in [0.25, 0.3) is 11.1 Å². The van der Waals surface area contributed by atoms with Crippen molar-refractivity contribution < 1.29 is 19.4 Å². The summed E-state index contributed by atoms with van der Waals surface area (Å²) >= 11 is 0. The molecule has 3 aromatic rings. The molecule has 5 rings (SSSR count). The van der Waals surface area contributed by atoms with Gasteiger partial charge in [0.1, 0.15) is 11.4 Å². The molecule has 0 spiro atoms. The molecule has 1 aliphatic carbocycles. The Morgan fingerprint density at radius 2 is 1.56 bits per heavy atom. The number of likely N-dealkylation sites (tertiary alicyclic amines) is 1. The third-order valence-corrected chi connectivity index (χ3v) is 6.89. The molecular formula is C29H31N3O4. The van der Waals surface area contributed by atoms with Crippen LogP contribution in [0.4, 0.5) is 10.6 Å². The van der Waals surface area contributed by atoms with E-state index in [0.29, 0.717) is 37.3 Å². The summed E-state index contributed by atoms with van der Waals surface area (Å²) in [6, 6.07) is 19.5. The van der Waals surface area contributed by atoms with Crippen LogP contribution in [0.3, 0.4) is 0 Å². The number of fused-ring (bicyclic) bond motifs is 3. The summed E-state index contributed by atoms with van der Waals surface area (Å²) in [6.07, 6.45) is 2.01. The molecule has 186 valence electrons. The summed E-state index contributed by atoms with van der Waals surface area (Å²) in [5.74, 6) is -0.113. The molecule has 2 aromatic carbocycles. The van der Waals surface area contributed by atoms with Gasteiger partial charge in [-0.3, -0.25) is 4.79 Å². The number of piperidine rings is 1. The fourth-order valence-corrected chi connectivity index (χ4v) is 5.05. The number of ether oxygens (including phenoxy) is 1. The van der Waals surface area contributed by atoms with Crippen molar-refractivity contribution in [3.8, 4) is 11.1 Å². The normalized spacial score (nSPS) is 16.7. The summed E-state index contributed by atoms with van der Waals surface area (Å²) in [6.45, 7) is 6.29. The van der Waals surface area contributed by atoms with E-state index >= 15 is 0 Å². The Hall–Kier alpha value is -3.71. The van der Waals surface area contributed by atoms with Gasteiger partial charge in [-0.15, -0.1) is 0 Å². The zero-order valence-electron chi connectivity index (χ0n) is 20.8. The predicted octanol–water partition coefficient (Wildman–Crippen LogP) is 5.05. The van der Waals surface area contributed by atoms with Crippen molar-refractivity contribution in [3.63, 3.8) is 0 Å². The first-order valence-electron chi connectivity index (χ1n) is 12.3. The number of anilines is 1. The van der Waals surface area contributed by atoms with Crippen LogP contribution in [0.2, 0.25) is 0 Å². The average Bonchev–Trinajstić information content (AvgIpc) is 3.18. The minimum Gasteiger partial charge on any atom is -0.444 e. The third-order valence-electron chi connectivity index (χ3n) is 6.89. The second-order valence-corrected chi connectivity index (χ2v) is 10.5. The fraction of sp³-hybridized carbons (Fsp3) is 0.345. The lowest BCUT2D eigenvalue weighted by Crippen LogP contribution is -2.46. The van der Waals surface area contributed by atoms with E-state index in [9.17, 15) is 14.7 Å². The monoisotopic (exact) mass is 485 g/mol. The number of carbonyl (C=O) groups excluding carboxylic acids is 2. The predicted molar refractivity (Wildman–Crippen MR) is 138 cm³/mol. The molecule has 36 heavy (non-hydrogen) atoms. The number of hydrogen-bond acceptors (Lipinski definition) is 5. The van der Waals surface area contributed by atoms with Gasteiger partial charge in [0.25, 0.3) is 0 Å². The Morgan fingerprint density at radius 3 is 2.08 bits per heavy atom. The van der Waals surface area contributed by atoms with Crippen molar-refractivity contribution in [1.82, 2.24) is 9.88 Å². The van der Waals surface area contributed by atoms with E-state index in [2.05, 4.69) is 10.3 Å². The number of pyridine rings is 1. The molecule has 1 aliphatic heterocycles. The number of nitrogens with zero attached hydrogens (tertiary/aromatic N) is 2.